The molecule has 0 bridgehead atoms. The summed E-state index contributed by atoms with van der Waals surface area (Å²) in [5, 5.41) is 11.9. The third-order valence-electron chi connectivity index (χ3n) is 6.82. The van der Waals surface area contributed by atoms with Crippen LogP contribution in [-0.4, -0.2) is 82.6 Å². The molecule has 4 rings (SSSR count). The third kappa shape index (κ3) is 7.44. The number of aromatic nitrogens is 2. The first kappa shape index (κ1) is 27.8. The van der Waals surface area contributed by atoms with Crippen molar-refractivity contribution in [3.63, 3.8) is 0 Å². The highest BCUT2D eigenvalue weighted by molar-refractivity contribution is 5.96. The van der Waals surface area contributed by atoms with Gasteiger partial charge in [0.1, 0.15) is 17.8 Å². The number of carbonyl (C=O) groups is 3. The van der Waals surface area contributed by atoms with Crippen molar-refractivity contribution in [3.05, 3.63) is 42.1 Å². The minimum atomic E-state index is -0.916. The molecular weight excluding hydrogens is 500 g/mol. The van der Waals surface area contributed by atoms with E-state index < -0.39 is 18.0 Å². The summed E-state index contributed by atoms with van der Waals surface area (Å²) in [6.45, 7) is 3.30. The number of nitrogens with one attached hydrogen (secondary N) is 1. The fraction of sp³-hybridized carbons (Fsp3) is 0.500. The summed E-state index contributed by atoms with van der Waals surface area (Å²) >= 11 is 0. The van der Waals surface area contributed by atoms with E-state index in [1.165, 1.54) is 6.07 Å². The van der Waals surface area contributed by atoms with Gasteiger partial charge in [0.15, 0.2) is 5.82 Å². The van der Waals surface area contributed by atoms with Crippen LogP contribution in [0.15, 0.2) is 36.4 Å². The van der Waals surface area contributed by atoms with Crippen molar-refractivity contribution in [3.8, 4) is 23.3 Å². The van der Waals surface area contributed by atoms with E-state index in [1.807, 2.05) is 36.4 Å². The predicted octanol–water partition coefficient (Wildman–Crippen LogP) is 3.17. The van der Waals surface area contributed by atoms with Crippen LogP contribution < -0.4 is 10.1 Å². The van der Waals surface area contributed by atoms with Crippen LogP contribution in [0.4, 0.5) is 4.79 Å². The van der Waals surface area contributed by atoms with Gasteiger partial charge in [0.25, 0.3) is 5.91 Å². The summed E-state index contributed by atoms with van der Waals surface area (Å²) in [5.74, 6) is -0.184. The number of hydrogen-bond acceptors (Lipinski definition) is 8. The smallest absolute Gasteiger partial charge is 0.409 e. The molecule has 1 aliphatic heterocycles. The zero-order chi connectivity index (χ0) is 27.6. The number of piperazine rings is 1. The first-order valence-corrected chi connectivity index (χ1v) is 13.5. The van der Waals surface area contributed by atoms with Crippen molar-refractivity contribution < 1.29 is 23.9 Å². The zero-order valence-electron chi connectivity index (χ0n) is 22.2. The summed E-state index contributed by atoms with van der Waals surface area (Å²) in [5.41, 5.74) is 0.818. The van der Waals surface area contributed by atoms with Gasteiger partial charge < -0.3 is 24.6 Å². The molecule has 2 heterocycles. The van der Waals surface area contributed by atoms with E-state index in [4.69, 9.17) is 14.7 Å². The van der Waals surface area contributed by atoms with Gasteiger partial charge in [-0.2, -0.15) is 10.2 Å². The van der Waals surface area contributed by atoms with Crippen molar-refractivity contribution in [1.29, 1.82) is 5.26 Å². The van der Waals surface area contributed by atoms with Gasteiger partial charge in [-0.3, -0.25) is 9.59 Å². The van der Waals surface area contributed by atoms with Gasteiger partial charge in [0.05, 0.1) is 12.7 Å². The summed E-state index contributed by atoms with van der Waals surface area (Å²) in [6, 6.07) is 11.9. The van der Waals surface area contributed by atoms with Crippen molar-refractivity contribution >= 4 is 17.9 Å². The molecule has 1 saturated heterocycles. The Balaban J connectivity index is 1.50. The van der Waals surface area contributed by atoms with E-state index >= 15 is 0 Å². The second kappa shape index (κ2) is 13.6. The number of hydrogen-bond donors (Lipinski definition) is 1. The minimum absolute atomic E-state index is 0.0395. The maximum absolute atomic E-state index is 13.4. The summed E-state index contributed by atoms with van der Waals surface area (Å²) in [6.07, 6.45) is 3.91. The Kier molecular flexibility index (Phi) is 9.67. The van der Waals surface area contributed by atoms with E-state index in [1.54, 1.807) is 16.7 Å². The number of rotatable bonds is 9. The molecule has 206 valence electrons. The first-order valence-electron chi connectivity index (χ1n) is 13.5. The number of ether oxygens (including phenoxy) is 2. The van der Waals surface area contributed by atoms with Crippen LogP contribution >= 0.6 is 0 Å². The largest absolute Gasteiger partial charge is 0.474 e. The summed E-state index contributed by atoms with van der Waals surface area (Å²) in [7, 11) is 0. The third-order valence-corrected chi connectivity index (χ3v) is 6.82. The maximum Gasteiger partial charge on any atom is 0.409 e. The average Bonchev–Trinajstić information content (AvgIpc) is 3.48. The molecule has 11 heteroatoms. The predicted molar refractivity (Wildman–Crippen MR) is 142 cm³/mol. The van der Waals surface area contributed by atoms with E-state index in [0.717, 1.165) is 31.2 Å². The SMILES string of the molecule is CCOC(=O)N1CCN(C(=O)C(CCC#N)NC(=O)c2cc(OC3CCCC3)nc(-c3ccccc3)n2)CC1. The van der Waals surface area contributed by atoms with Crippen LogP contribution in [-0.2, 0) is 9.53 Å². The van der Waals surface area contributed by atoms with Crippen molar-refractivity contribution in [2.75, 3.05) is 32.8 Å². The van der Waals surface area contributed by atoms with E-state index in [2.05, 4.69) is 15.3 Å². The van der Waals surface area contributed by atoms with Crippen LogP contribution in [0.3, 0.4) is 0 Å². The Morgan fingerprint density at radius 2 is 1.77 bits per heavy atom. The van der Waals surface area contributed by atoms with Gasteiger partial charge in [-0.25, -0.2) is 9.78 Å². The van der Waals surface area contributed by atoms with Crippen LogP contribution in [0.25, 0.3) is 11.4 Å². The summed E-state index contributed by atoms with van der Waals surface area (Å²) < 4.78 is 11.1. The monoisotopic (exact) mass is 534 g/mol. The summed E-state index contributed by atoms with van der Waals surface area (Å²) in [4.78, 5) is 51.0. The fourth-order valence-corrected chi connectivity index (χ4v) is 4.74. The molecule has 2 aliphatic rings. The number of nitriles is 1. The van der Waals surface area contributed by atoms with Crippen LogP contribution in [0.5, 0.6) is 5.88 Å². The number of nitrogens with zero attached hydrogens (tertiary/aromatic N) is 5. The quantitative estimate of drug-likeness (QED) is 0.518. The molecule has 1 atom stereocenters. The number of carbonyl (C=O) groups excluding carboxylic acids is 3. The fourth-order valence-electron chi connectivity index (χ4n) is 4.74. The Morgan fingerprint density at radius 1 is 1.08 bits per heavy atom. The van der Waals surface area contributed by atoms with Gasteiger partial charge in [-0.05, 0) is 39.0 Å². The first-order chi connectivity index (χ1) is 19.0. The second-order valence-corrected chi connectivity index (χ2v) is 9.54. The standard InChI is InChI=1S/C28H34N6O5/c1-2-38-28(37)34-17-15-33(16-18-34)27(36)22(13-8-14-29)31-26(35)23-19-24(39-21-11-6-7-12-21)32-25(30-23)20-9-4-3-5-10-20/h3-5,9-10,19,21-22H,2,6-8,11-13,15-18H2,1H3,(H,31,35). The average molecular weight is 535 g/mol. The Bertz CT molecular complexity index is 1190. The van der Waals surface area contributed by atoms with Crippen molar-refractivity contribution in [2.45, 2.75) is 57.6 Å². The number of amides is 3. The lowest BCUT2D eigenvalue weighted by molar-refractivity contribution is -0.135. The molecule has 11 nitrogen and oxygen atoms in total. The zero-order valence-corrected chi connectivity index (χ0v) is 22.2. The van der Waals surface area contributed by atoms with Crippen molar-refractivity contribution in [2.24, 2.45) is 0 Å². The van der Waals surface area contributed by atoms with Gasteiger partial charge in [-0.1, -0.05) is 30.3 Å². The topological polar surface area (TPSA) is 138 Å². The normalized spacial score (nSPS) is 16.3. The second-order valence-electron chi connectivity index (χ2n) is 9.54. The Morgan fingerprint density at radius 3 is 2.44 bits per heavy atom. The minimum Gasteiger partial charge on any atom is -0.474 e. The Hall–Kier alpha value is -4.20. The van der Waals surface area contributed by atoms with Gasteiger partial charge in [0.2, 0.25) is 11.8 Å². The maximum atomic E-state index is 13.4. The molecular formula is C28H34N6O5. The molecule has 0 radical (unpaired) electrons. The van der Waals surface area contributed by atoms with Crippen LogP contribution in [0, 0.1) is 11.3 Å². The highest BCUT2D eigenvalue weighted by Crippen LogP contribution is 2.25. The highest BCUT2D eigenvalue weighted by Gasteiger charge is 2.31. The highest BCUT2D eigenvalue weighted by atomic mass is 16.6. The molecule has 3 amide bonds. The van der Waals surface area contributed by atoms with Gasteiger partial charge in [0, 0.05) is 44.2 Å². The molecule has 1 unspecified atom stereocenters. The molecule has 39 heavy (non-hydrogen) atoms. The molecule has 1 aromatic heterocycles. The van der Waals surface area contributed by atoms with E-state index in [9.17, 15) is 14.4 Å². The van der Waals surface area contributed by atoms with Crippen LogP contribution in [0.2, 0.25) is 0 Å². The molecule has 1 aliphatic carbocycles. The molecule has 2 fully saturated rings. The van der Waals surface area contributed by atoms with E-state index in [-0.39, 0.29) is 37.2 Å². The van der Waals surface area contributed by atoms with Gasteiger partial charge >= 0.3 is 6.09 Å². The van der Waals surface area contributed by atoms with Crippen LogP contribution in [0.1, 0.15) is 55.9 Å². The van der Waals surface area contributed by atoms with E-state index in [0.29, 0.717) is 37.9 Å². The molecule has 1 N–H and O–H groups in total. The molecule has 0 spiro atoms. The number of benzene rings is 1. The molecule has 1 aromatic carbocycles. The van der Waals surface area contributed by atoms with Crippen molar-refractivity contribution in [1.82, 2.24) is 25.1 Å². The lowest BCUT2D eigenvalue weighted by atomic mass is 10.1. The lowest BCUT2D eigenvalue weighted by Gasteiger charge is -2.35. The molecule has 1 saturated carbocycles. The molecule has 2 aromatic rings. The Labute approximate surface area is 228 Å². The van der Waals surface area contributed by atoms with Gasteiger partial charge in [-0.15, -0.1) is 0 Å². The lowest BCUT2D eigenvalue weighted by Crippen LogP contribution is -2.56.